The molecule has 1 unspecified atom stereocenters. The Kier molecular flexibility index (Phi) is 5.25. The molecule has 0 aliphatic rings. The van der Waals surface area contributed by atoms with Crippen molar-refractivity contribution in [1.29, 1.82) is 0 Å². The lowest BCUT2D eigenvalue weighted by atomic mass is 10.1. The second kappa shape index (κ2) is 6.48. The maximum absolute atomic E-state index is 5.46. The zero-order valence-corrected chi connectivity index (χ0v) is 10.4. The van der Waals surface area contributed by atoms with E-state index in [9.17, 15) is 0 Å². The van der Waals surface area contributed by atoms with Gasteiger partial charge in [-0.15, -0.1) is 5.10 Å². The lowest BCUT2D eigenvalue weighted by Gasteiger charge is -2.27. The first-order valence-electron chi connectivity index (χ1n) is 6.05. The van der Waals surface area contributed by atoms with Crippen LogP contribution in [-0.2, 0) is 0 Å². The third-order valence-electron chi connectivity index (χ3n) is 2.59. The molecule has 16 heavy (non-hydrogen) atoms. The van der Waals surface area contributed by atoms with Crippen LogP contribution in [0.25, 0.3) is 0 Å². The molecule has 0 aliphatic heterocycles. The summed E-state index contributed by atoms with van der Waals surface area (Å²) in [6.45, 7) is 8.59. The minimum atomic E-state index is 0.154. The van der Waals surface area contributed by atoms with Crippen LogP contribution < -0.4 is 5.73 Å². The van der Waals surface area contributed by atoms with Crippen LogP contribution in [0.1, 0.15) is 52.0 Å². The van der Waals surface area contributed by atoms with Crippen molar-refractivity contribution < 1.29 is 4.42 Å². The van der Waals surface area contributed by atoms with E-state index in [-0.39, 0.29) is 12.1 Å². The highest BCUT2D eigenvalue weighted by Gasteiger charge is 2.22. The number of nitrogens with two attached hydrogens (primary N) is 1. The third kappa shape index (κ3) is 3.20. The minimum absolute atomic E-state index is 0.154. The molecule has 0 aromatic carbocycles. The van der Waals surface area contributed by atoms with Gasteiger partial charge in [0.1, 0.15) is 0 Å². The predicted molar refractivity (Wildman–Crippen MR) is 63.9 cm³/mol. The molecule has 1 rings (SSSR count). The fraction of sp³-hybridized carbons (Fsp3) is 0.818. The number of hydrogen-bond donors (Lipinski definition) is 1. The molecule has 1 heterocycles. The summed E-state index contributed by atoms with van der Waals surface area (Å²) in [5, 5.41) is 7.71. The van der Waals surface area contributed by atoms with E-state index in [0.717, 1.165) is 32.4 Å². The highest BCUT2D eigenvalue weighted by Crippen LogP contribution is 2.23. The molecular formula is C11H22N4O. The van der Waals surface area contributed by atoms with Gasteiger partial charge >= 0.3 is 6.01 Å². The van der Waals surface area contributed by atoms with Gasteiger partial charge < -0.3 is 10.2 Å². The van der Waals surface area contributed by atoms with Crippen LogP contribution in [0.3, 0.4) is 0 Å². The molecule has 1 atom stereocenters. The average Bonchev–Trinajstić information content (AvgIpc) is 2.67. The first-order valence-corrected chi connectivity index (χ1v) is 6.05. The third-order valence-corrected chi connectivity index (χ3v) is 2.59. The number of rotatable bonds is 7. The van der Waals surface area contributed by atoms with Gasteiger partial charge in [0.25, 0.3) is 0 Å². The fourth-order valence-electron chi connectivity index (χ4n) is 1.97. The Morgan fingerprint density at radius 1 is 1.19 bits per heavy atom. The Balaban J connectivity index is 2.76. The molecule has 0 bridgehead atoms. The quantitative estimate of drug-likeness (QED) is 0.772. The summed E-state index contributed by atoms with van der Waals surface area (Å²) in [6.07, 6.45) is 3.21. The van der Waals surface area contributed by atoms with Gasteiger partial charge in [-0.05, 0) is 32.4 Å². The van der Waals surface area contributed by atoms with Crippen molar-refractivity contribution in [3.63, 3.8) is 0 Å². The maximum atomic E-state index is 5.46. The van der Waals surface area contributed by atoms with Crippen LogP contribution in [0.4, 0.5) is 6.01 Å². The second-order valence-corrected chi connectivity index (χ2v) is 3.94. The molecule has 1 aromatic heterocycles. The summed E-state index contributed by atoms with van der Waals surface area (Å²) in [4.78, 5) is 2.38. The molecular weight excluding hydrogens is 204 g/mol. The normalized spacial score (nSPS) is 13.2. The summed E-state index contributed by atoms with van der Waals surface area (Å²) >= 11 is 0. The van der Waals surface area contributed by atoms with Crippen LogP contribution in [0.5, 0.6) is 0 Å². The van der Waals surface area contributed by atoms with Crippen LogP contribution in [0, 0.1) is 0 Å². The van der Waals surface area contributed by atoms with E-state index in [1.54, 1.807) is 0 Å². The fourth-order valence-corrected chi connectivity index (χ4v) is 1.97. The molecule has 0 spiro atoms. The average molecular weight is 226 g/mol. The Morgan fingerprint density at radius 2 is 1.81 bits per heavy atom. The van der Waals surface area contributed by atoms with Crippen molar-refractivity contribution in [1.82, 2.24) is 15.1 Å². The van der Waals surface area contributed by atoms with Crippen molar-refractivity contribution in [2.24, 2.45) is 0 Å². The summed E-state index contributed by atoms with van der Waals surface area (Å²) in [5.74, 6) is 0.641. The Labute approximate surface area is 97.0 Å². The lowest BCUT2D eigenvalue weighted by molar-refractivity contribution is 0.166. The highest BCUT2D eigenvalue weighted by molar-refractivity contribution is 5.06. The van der Waals surface area contributed by atoms with Gasteiger partial charge in [-0.3, -0.25) is 4.90 Å². The van der Waals surface area contributed by atoms with E-state index in [1.165, 1.54) is 0 Å². The van der Waals surface area contributed by atoms with Gasteiger partial charge in [0.05, 0.1) is 6.04 Å². The zero-order valence-electron chi connectivity index (χ0n) is 10.4. The standard InChI is InChI=1S/C11H22N4O/c1-4-7-15(8-5-2)9(6-3)10-13-14-11(12)16-10/h9H,4-8H2,1-3H3,(H2,12,14). The van der Waals surface area contributed by atoms with Gasteiger partial charge in [-0.2, -0.15) is 0 Å². The predicted octanol–water partition coefficient (Wildman–Crippen LogP) is 2.22. The van der Waals surface area contributed by atoms with Crippen molar-refractivity contribution in [2.75, 3.05) is 18.8 Å². The Hall–Kier alpha value is -1.10. The van der Waals surface area contributed by atoms with Crippen molar-refractivity contribution in [3.8, 4) is 0 Å². The smallest absolute Gasteiger partial charge is 0.312 e. The summed E-state index contributed by atoms with van der Waals surface area (Å²) < 4.78 is 5.32. The van der Waals surface area contributed by atoms with Gasteiger partial charge in [0, 0.05) is 0 Å². The highest BCUT2D eigenvalue weighted by atomic mass is 16.4. The molecule has 0 saturated carbocycles. The number of aromatic nitrogens is 2. The van der Waals surface area contributed by atoms with E-state index in [1.807, 2.05) is 0 Å². The first-order chi connectivity index (χ1) is 7.72. The maximum Gasteiger partial charge on any atom is 0.312 e. The van der Waals surface area contributed by atoms with Crippen LogP contribution in [-0.4, -0.2) is 28.2 Å². The molecule has 0 aliphatic carbocycles. The van der Waals surface area contributed by atoms with Crippen LogP contribution in [0.15, 0.2) is 4.42 Å². The van der Waals surface area contributed by atoms with E-state index in [0.29, 0.717) is 5.89 Å². The number of hydrogen-bond acceptors (Lipinski definition) is 5. The van der Waals surface area contributed by atoms with Gasteiger partial charge in [0.2, 0.25) is 5.89 Å². The molecule has 5 heteroatoms. The number of anilines is 1. The summed E-state index contributed by atoms with van der Waals surface area (Å²) in [7, 11) is 0. The largest absolute Gasteiger partial charge is 0.407 e. The SMILES string of the molecule is CCCN(CCC)C(CC)c1nnc(N)o1. The van der Waals surface area contributed by atoms with E-state index in [2.05, 4.69) is 35.9 Å². The van der Waals surface area contributed by atoms with Crippen LogP contribution >= 0.6 is 0 Å². The molecule has 1 aromatic rings. The van der Waals surface area contributed by atoms with Crippen molar-refractivity contribution in [2.45, 2.75) is 46.1 Å². The topological polar surface area (TPSA) is 68.2 Å². The van der Waals surface area contributed by atoms with Gasteiger partial charge in [-0.25, -0.2) is 0 Å². The number of nitrogens with zero attached hydrogens (tertiary/aromatic N) is 3. The minimum Gasteiger partial charge on any atom is -0.407 e. The van der Waals surface area contributed by atoms with Crippen molar-refractivity contribution in [3.05, 3.63) is 5.89 Å². The van der Waals surface area contributed by atoms with Gasteiger partial charge in [-0.1, -0.05) is 25.9 Å². The Bertz CT molecular complexity index is 294. The molecule has 0 saturated heterocycles. The number of nitrogen functional groups attached to an aromatic ring is 1. The zero-order chi connectivity index (χ0) is 12.0. The molecule has 0 amide bonds. The summed E-state index contributed by atoms with van der Waals surface area (Å²) in [6, 6.07) is 0.353. The van der Waals surface area contributed by atoms with E-state index < -0.39 is 0 Å². The summed E-state index contributed by atoms with van der Waals surface area (Å²) in [5.41, 5.74) is 5.46. The molecule has 2 N–H and O–H groups in total. The second-order valence-electron chi connectivity index (χ2n) is 3.94. The molecule has 0 fully saturated rings. The molecule has 0 radical (unpaired) electrons. The Morgan fingerprint density at radius 3 is 2.19 bits per heavy atom. The molecule has 92 valence electrons. The van der Waals surface area contributed by atoms with Crippen molar-refractivity contribution >= 4 is 6.01 Å². The lowest BCUT2D eigenvalue weighted by Crippen LogP contribution is -2.30. The van der Waals surface area contributed by atoms with E-state index >= 15 is 0 Å². The monoisotopic (exact) mass is 226 g/mol. The van der Waals surface area contributed by atoms with Crippen LogP contribution in [0.2, 0.25) is 0 Å². The van der Waals surface area contributed by atoms with E-state index in [4.69, 9.17) is 10.2 Å². The first kappa shape index (κ1) is 13.0. The van der Waals surface area contributed by atoms with Gasteiger partial charge in [0.15, 0.2) is 0 Å². The molecule has 5 nitrogen and oxygen atoms in total.